The Kier molecular flexibility index (Phi) is 8.49. The van der Waals surface area contributed by atoms with E-state index in [0.29, 0.717) is 22.7 Å². The zero-order valence-electron chi connectivity index (χ0n) is 27.6. The number of carbonyl (C=O) groups is 1. The van der Waals surface area contributed by atoms with E-state index in [-0.39, 0.29) is 30.4 Å². The molecule has 3 heterocycles. The van der Waals surface area contributed by atoms with E-state index in [1.807, 2.05) is 87.7 Å². The van der Waals surface area contributed by atoms with Crippen molar-refractivity contribution in [3.63, 3.8) is 0 Å². The van der Waals surface area contributed by atoms with Crippen LogP contribution < -0.4 is 20.2 Å². The first-order valence-electron chi connectivity index (χ1n) is 15.4. The van der Waals surface area contributed by atoms with Crippen molar-refractivity contribution in [3.05, 3.63) is 48.8 Å². The number of alkyl halides is 1. The number of nitrogen functional groups attached to an aromatic ring is 1. The summed E-state index contributed by atoms with van der Waals surface area (Å²) in [5, 5.41) is 4.76. The van der Waals surface area contributed by atoms with Crippen molar-refractivity contribution in [1.82, 2.24) is 24.6 Å². The first-order chi connectivity index (χ1) is 22.0. The van der Waals surface area contributed by atoms with Gasteiger partial charge in [0.2, 0.25) is 11.8 Å². The summed E-state index contributed by atoms with van der Waals surface area (Å²) in [6.07, 6.45) is 1.23. The van der Waals surface area contributed by atoms with Crippen LogP contribution in [0.3, 0.4) is 0 Å². The van der Waals surface area contributed by atoms with Crippen molar-refractivity contribution in [1.29, 1.82) is 0 Å². The van der Waals surface area contributed by atoms with E-state index in [0.717, 1.165) is 10.8 Å². The van der Waals surface area contributed by atoms with Crippen LogP contribution in [0.2, 0.25) is 0 Å². The molecule has 0 amide bonds. The van der Waals surface area contributed by atoms with Crippen LogP contribution in [0.4, 0.5) is 16.2 Å². The fourth-order valence-corrected chi connectivity index (χ4v) is 8.52. The molecule has 6 atom stereocenters. The minimum Gasteiger partial charge on any atom is -0.464 e. The molecule has 47 heavy (non-hydrogen) atoms. The molecule has 12 nitrogen and oxygen atoms in total. The number of halogens is 1. The van der Waals surface area contributed by atoms with E-state index in [1.54, 1.807) is 19.3 Å². The Morgan fingerprint density at radius 3 is 2.66 bits per heavy atom. The molecule has 15 heteroatoms. The van der Waals surface area contributed by atoms with Gasteiger partial charge in [0.1, 0.15) is 18.4 Å². The summed E-state index contributed by atoms with van der Waals surface area (Å²) in [6, 6.07) is 12.1. The number of hydrogen-bond donors (Lipinski definition) is 2. The first-order valence-corrected chi connectivity index (χ1v) is 18.1. The fraction of sp³-hybridized carbons (Fsp3) is 0.500. The van der Waals surface area contributed by atoms with Crippen molar-refractivity contribution in [2.75, 3.05) is 37.9 Å². The van der Waals surface area contributed by atoms with Crippen LogP contribution in [-0.2, 0) is 30.6 Å². The second-order valence-electron chi connectivity index (χ2n) is 14.0. The summed E-state index contributed by atoms with van der Waals surface area (Å²) in [5.74, 6) is -1.50. The van der Waals surface area contributed by atoms with Gasteiger partial charge in [-0.3, -0.25) is 4.79 Å². The number of nitrogens with zero attached hydrogens (tertiary/aromatic N) is 5. The van der Waals surface area contributed by atoms with Gasteiger partial charge in [0, 0.05) is 31.3 Å². The Balaban J connectivity index is 1.20. The predicted molar refractivity (Wildman–Crippen MR) is 182 cm³/mol. The van der Waals surface area contributed by atoms with E-state index in [4.69, 9.17) is 36.1 Å². The second kappa shape index (κ2) is 11.9. The average Bonchev–Trinajstić information content (AvgIpc) is 3.24. The smallest absolute Gasteiger partial charge is 0.323 e. The molecule has 1 saturated carbocycles. The molecule has 0 spiro atoms. The lowest BCUT2D eigenvalue weighted by molar-refractivity contribution is -0.155. The van der Waals surface area contributed by atoms with Crippen molar-refractivity contribution < 1.29 is 27.7 Å². The Morgan fingerprint density at radius 1 is 1.26 bits per heavy atom. The zero-order valence-corrected chi connectivity index (χ0v) is 29.3. The van der Waals surface area contributed by atoms with E-state index < -0.39 is 42.6 Å². The highest BCUT2D eigenvalue weighted by Gasteiger charge is 2.74. The second-order valence-corrected chi connectivity index (χ2v) is 17.2. The largest absolute Gasteiger partial charge is 0.464 e. The van der Waals surface area contributed by atoms with Crippen molar-refractivity contribution >= 4 is 58.1 Å². The summed E-state index contributed by atoms with van der Waals surface area (Å²) >= 11 is 5.92. The Labute approximate surface area is 278 Å². The van der Waals surface area contributed by atoms with Crippen LogP contribution in [0.25, 0.3) is 21.9 Å². The van der Waals surface area contributed by atoms with E-state index >= 15 is 4.39 Å². The minimum atomic E-state index is -3.55. The summed E-state index contributed by atoms with van der Waals surface area (Å²) in [6.45, 7) is 5.64. The molecule has 2 aliphatic rings. The molecule has 1 aliphatic heterocycles. The number of esters is 1. The van der Waals surface area contributed by atoms with Gasteiger partial charge in [0.05, 0.1) is 25.1 Å². The molecule has 252 valence electrons. The standard InChI is InChI=1S/C32H41FN7O5PS/c1-19(28(41)42-16-30(2,3)4)38-46(47,45-22-14-10-12-20-11-8-9-13-21(20)22)43-17-32(33)15-31(5)24(25(31)44-32)40-18-35-23-26(39(6)7)36-29(34)37-27(23)40/h8-14,18-19,24-25H,15-17H2,1-7H3,(H,38,47)(H2,34,36,37)/t19-,24?,25-,31-,32-,46?/m0/s1. The number of hydrogen-bond acceptors (Lipinski definition) is 11. The molecule has 6 rings (SSSR count). The minimum absolute atomic E-state index is 0.0306. The number of rotatable bonds is 11. The third kappa shape index (κ3) is 6.66. The molecule has 2 aromatic heterocycles. The Hall–Kier alpha value is -3.42. The molecule has 0 bridgehead atoms. The number of aromatic nitrogens is 4. The molecule has 2 unspecified atom stereocenters. The lowest BCUT2D eigenvalue weighted by Crippen LogP contribution is -2.38. The maximum Gasteiger partial charge on any atom is 0.323 e. The monoisotopic (exact) mass is 685 g/mol. The molecule has 2 aromatic carbocycles. The van der Waals surface area contributed by atoms with Gasteiger partial charge in [-0.1, -0.05) is 64.1 Å². The third-order valence-electron chi connectivity index (χ3n) is 8.40. The highest BCUT2D eigenvalue weighted by atomic mass is 32.5. The van der Waals surface area contributed by atoms with Gasteiger partial charge in [-0.2, -0.15) is 9.97 Å². The molecule has 1 aliphatic carbocycles. The average molecular weight is 686 g/mol. The summed E-state index contributed by atoms with van der Waals surface area (Å²) < 4.78 is 42.3. The molecule has 1 saturated heterocycles. The molecular formula is C32H41FN7O5PS. The number of fused-ring (bicyclic) bond motifs is 3. The summed E-state index contributed by atoms with van der Waals surface area (Å²) in [4.78, 5) is 28.0. The Bertz CT molecular complexity index is 1880. The van der Waals surface area contributed by atoms with Crippen LogP contribution in [0.5, 0.6) is 5.75 Å². The molecule has 4 aromatic rings. The van der Waals surface area contributed by atoms with Crippen molar-refractivity contribution in [3.8, 4) is 5.75 Å². The van der Waals surface area contributed by atoms with Crippen molar-refractivity contribution in [2.45, 2.75) is 65.1 Å². The Morgan fingerprint density at radius 2 is 1.98 bits per heavy atom. The fourth-order valence-electron chi connectivity index (χ4n) is 6.10. The zero-order chi connectivity index (χ0) is 33.9. The van der Waals surface area contributed by atoms with Gasteiger partial charge in [-0.25, -0.2) is 14.5 Å². The van der Waals surface area contributed by atoms with E-state index in [9.17, 15) is 4.79 Å². The third-order valence-corrected chi connectivity index (χ3v) is 10.9. The quantitative estimate of drug-likeness (QED) is 0.152. The molecule has 2 fully saturated rings. The van der Waals surface area contributed by atoms with Gasteiger partial charge in [0.15, 0.2) is 17.0 Å². The first kappa shape index (κ1) is 33.5. The summed E-state index contributed by atoms with van der Waals surface area (Å²) in [7, 11) is 3.70. The lowest BCUT2D eigenvalue weighted by atomic mass is 9.99. The number of benzene rings is 2. The summed E-state index contributed by atoms with van der Waals surface area (Å²) in [5.41, 5.74) is 6.37. The van der Waals surface area contributed by atoms with Gasteiger partial charge < -0.3 is 33.7 Å². The SMILES string of the molecule is C[C@H](NP(=S)(OC[C@]1(F)C[C@@]2(C)C(n3cnc4c(N(C)C)nc(N)nc43)[C@@H]2O1)Oc1cccc2ccccc12)C(=O)OCC(C)(C)C. The number of anilines is 2. The van der Waals surface area contributed by atoms with Gasteiger partial charge in [-0.15, -0.1) is 0 Å². The lowest BCUT2D eigenvalue weighted by Gasteiger charge is -2.31. The van der Waals surface area contributed by atoms with Crippen LogP contribution in [0.1, 0.15) is 47.1 Å². The van der Waals surface area contributed by atoms with Crippen LogP contribution >= 0.6 is 6.64 Å². The van der Waals surface area contributed by atoms with E-state index in [1.165, 1.54) is 0 Å². The number of nitrogens with one attached hydrogen (secondary N) is 1. The highest BCUT2D eigenvalue weighted by Crippen LogP contribution is 2.69. The number of carbonyl (C=O) groups excluding carboxylic acids is 1. The van der Waals surface area contributed by atoms with E-state index in [2.05, 4.69) is 20.0 Å². The molecular weight excluding hydrogens is 644 g/mol. The van der Waals surface area contributed by atoms with Crippen molar-refractivity contribution in [2.24, 2.45) is 10.8 Å². The molecule has 3 N–H and O–H groups in total. The van der Waals surface area contributed by atoms with Gasteiger partial charge >= 0.3 is 12.6 Å². The predicted octanol–water partition coefficient (Wildman–Crippen LogP) is 5.53. The highest BCUT2D eigenvalue weighted by molar-refractivity contribution is 8.09. The van der Waals surface area contributed by atoms with Crippen LogP contribution in [0, 0.1) is 10.8 Å². The van der Waals surface area contributed by atoms with Gasteiger partial charge in [-0.05, 0) is 35.6 Å². The maximum absolute atomic E-state index is 16.4. The number of imidazole rings is 1. The van der Waals surface area contributed by atoms with Crippen LogP contribution in [0.15, 0.2) is 48.8 Å². The number of nitrogens with two attached hydrogens (primary N) is 1. The topological polar surface area (TPSA) is 139 Å². The van der Waals surface area contributed by atoms with Crippen LogP contribution in [-0.4, -0.2) is 70.8 Å². The van der Waals surface area contributed by atoms with Gasteiger partial charge in [0.25, 0.3) is 0 Å². The molecule has 0 radical (unpaired) electrons. The maximum atomic E-state index is 16.4. The normalized spacial score (nSPS) is 25.7. The number of ether oxygens (including phenoxy) is 2.